The first kappa shape index (κ1) is 24.5. The minimum Gasteiger partial charge on any atom is -0.331 e. The molecule has 0 spiro atoms. The number of likely N-dealkylation sites (tertiary alicyclic amines) is 1. The number of carbonyl (C=O) groups is 4. The van der Waals surface area contributed by atoms with E-state index < -0.39 is 23.4 Å². The summed E-state index contributed by atoms with van der Waals surface area (Å²) in [7, 11) is 0. The third kappa shape index (κ3) is 3.55. The molecule has 3 saturated heterocycles. The fourth-order valence-electron chi connectivity index (χ4n) is 6.36. The molecule has 4 amide bonds. The Morgan fingerprint density at radius 1 is 0.944 bits per heavy atom. The van der Waals surface area contributed by atoms with Gasteiger partial charge in [-0.3, -0.25) is 24.1 Å². The van der Waals surface area contributed by atoms with Crippen LogP contribution in [0.4, 0.5) is 0 Å². The number of amides is 4. The number of nitrogens with zero attached hydrogens (tertiary/aromatic N) is 3. The number of halogens is 1. The molecule has 8 heteroatoms. The van der Waals surface area contributed by atoms with E-state index in [2.05, 4.69) is 0 Å². The molecule has 188 valence electrons. The van der Waals surface area contributed by atoms with Crippen LogP contribution in [0.25, 0.3) is 0 Å². The zero-order valence-electron chi connectivity index (χ0n) is 20.5. The van der Waals surface area contributed by atoms with Crippen molar-refractivity contribution in [2.75, 3.05) is 19.6 Å². The molecule has 0 saturated carbocycles. The van der Waals surface area contributed by atoms with Crippen molar-refractivity contribution in [3.63, 3.8) is 0 Å². The minimum absolute atomic E-state index is 0.0568. The zero-order valence-corrected chi connectivity index (χ0v) is 21.3. The molecule has 4 atom stereocenters. The lowest BCUT2D eigenvalue weighted by atomic mass is 9.74. The Hall–Kier alpha value is -3.19. The highest BCUT2D eigenvalue weighted by molar-refractivity contribution is 6.30. The summed E-state index contributed by atoms with van der Waals surface area (Å²) in [6.07, 6.45) is 1.79. The van der Waals surface area contributed by atoms with Gasteiger partial charge in [-0.25, -0.2) is 0 Å². The van der Waals surface area contributed by atoms with Crippen molar-refractivity contribution in [2.24, 2.45) is 11.8 Å². The second-order valence-corrected chi connectivity index (χ2v) is 10.3. The van der Waals surface area contributed by atoms with Gasteiger partial charge in [-0.2, -0.15) is 0 Å². The molecule has 0 bridgehead atoms. The highest BCUT2D eigenvalue weighted by atomic mass is 35.5. The van der Waals surface area contributed by atoms with E-state index in [0.717, 1.165) is 18.4 Å². The molecule has 36 heavy (non-hydrogen) atoms. The molecule has 2 aromatic rings. The van der Waals surface area contributed by atoms with Crippen LogP contribution < -0.4 is 0 Å². The Morgan fingerprint density at radius 2 is 1.64 bits per heavy atom. The first-order valence-corrected chi connectivity index (χ1v) is 13.0. The molecule has 3 unspecified atom stereocenters. The molecule has 7 nitrogen and oxygen atoms in total. The van der Waals surface area contributed by atoms with Crippen LogP contribution in [-0.4, -0.2) is 63.5 Å². The van der Waals surface area contributed by atoms with Crippen LogP contribution in [0, 0.1) is 11.8 Å². The second kappa shape index (κ2) is 9.36. The van der Waals surface area contributed by atoms with Crippen LogP contribution >= 0.6 is 11.6 Å². The van der Waals surface area contributed by atoms with E-state index in [1.54, 1.807) is 41.0 Å². The molecule has 0 N–H and O–H groups in total. The lowest BCUT2D eigenvalue weighted by Crippen LogP contribution is -2.70. The summed E-state index contributed by atoms with van der Waals surface area (Å²) in [5.41, 5.74) is 0.0640. The Kier molecular flexibility index (Phi) is 6.37. The third-order valence-electron chi connectivity index (χ3n) is 7.88. The first-order valence-electron chi connectivity index (χ1n) is 12.6. The fraction of sp³-hybridized carbons (Fsp3) is 0.429. The molecule has 3 fully saturated rings. The Balaban J connectivity index is 1.74. The number of piperazine rings is 1. The SMILES string of the molecule is CCCCN1CC(=O)N2C(c3ccc(Cl)cc3)C3C(=O)N(CC)C(=O)C3[C@]2(Cc2ccccc2)C1=O. The van der Waals surface area contributed by atoms with Gasteiger partial charge in [0.25, 0.3) is 0 Å². The highest BCUT2D eigenvalue weighted by Gasteiger charge is 2.74. The number of fused-ring (bicyclic) bond motifs is 3. The lowest BCUT2D eigenvalue weighted by Gasteiger charge is -2.49. The maximum absolute atomic E-state index is 14.4. The van der Waals surface area contributed by atoms with Crippen molar-refractivity contribution >= 4 is 35.2 Å². The van der Waals surface area contributed by atoms with E-state index in [4.69, 9.17) is 11.6 Å². The van der Waals surface area contributed by atoms with Crippen molar-refractivity contribution < 1.29 is 19.2 Å². The first-order chi connectivity index (χ1) is 17.3. The number of imide groups is 1. The van der Waals surface area contributed by atoms with E-state index in [1.165, 1.54) is 4.90 Å². The number of benzene rings is 2. The van der Waals surface area contributed by atoms with E-state index in [9.17, 15) is 19.2 Å². The van der Waals surface area contributed by atoms with Gasteiger partial charge in [0.05, 0.1) is 24.4 Å². The van der Waals surface area contributed by atoms with Crippen LogP contribution in [-0.2, 0) is 25.6 Å². The Morgan fingerprint density at radius 3 is 2.28 bits per heavy atom. The standard InChI is InChI=1S/C28H30ClN3O4/c1-3-5-15-30-17-21(33)32-24(19-11-13-20(29)14-12-19)22-23(26(35)31(4-2)25(22)34)28(32,27(30)36)16-18-9-7-6-8-10-18/h6-14,22-24H,3-5,15-17H2,1-2H3/t22?,23?,24?,28-/m1/s1. The number of hydrogen-bond acceptors (Lipinski definition) is 4. The minimum atomic E-state index is -1.48. The van der Waals surface area contributed by atoms with Crippen LogP contribution in [0.2, 0.25) is 5.02 Å². The van der Waals surface area contributed by atoms with Gasteiger partial charge < -0.3 is 9.80 Å². The van der Waals surface area contributed by atoms with Crippen molar-refractivity contribution in [1.82, 2.24) is 14.7 Å². The van der Waals surface area contributed by atoms with Gasteiger partial charge in [-0.15, -0.1) is 0 Å². The van der Waals surface area contributed by atoms with Gasteiger partial charge in [-0.1, -0.05) is 67.4 Å². The molecule has 0 radical (unpaired) electrons. The summed E-state index contributed by atoms with van der Waals surface area (Å²) in [6.45, 7) is 4.40. The predicted molar refractivity (Wildman–Crippen MR) is 135 cm³/mol. The molecule has 5 rings (SSSR count). The maximum atomic E-state index is 14.4. The number of carbonyl (C=O) groups excluding carboxylic acids is 4. The second-order valence-electron chi connectivity index (χ2n) is 9.85. The number of hydrogen-bond donors (Lipinski definition) is 0. The average Bonchev–Trinajstić information content (AvgIpc) is 3.32. The molecule has 3 aliphatic rings. The number of rotatable bonds is 7. The van der Waals surface area contributed by atoms with Gasteiger partial charge in [0.2, 0.25) is 23.6 Å². The maximum Gasteiger partial charge on any atom is 0.250 e. The van der Waals surface area contributed by atoms with Crippen LogP contribution in [0.1, 0.15) is 43.9 Å². The van der Waals surface area contributed by atoms with Gasteiger partial charge in [-0.05, 0) is 36.6 Å². The Labute approximate surface area is 216 Å². The summed E-state index contributed by atoms with van der Waals surface area (Å²) in [5.74, 6) is -2.96. The predicted octanol–water partition coefficient (Wildman–Crippen LogP) is 3.47. The quantitative estimate of drug-likeness (QED) is 0.538. The molecule has 0 aromatic heterocycles. The van der Waals surface area contributed by atoms with Gasteiger partial charge in [0.1, 0.15) is 5.54 Å². The summed E-state index contributed by atoms with van der Waals surface area (Å²) >= 11 is 6.15. The van der Waals surface area contributed by atoms with Crippen molar-refractivity contribution in [3.05, 3.63) is 70.7 Å². The lowest BCUT2D eigenvalue weighted by molar-refractivity contribution is -0.169. The third-order valence-corrected chi connectivity index (χ3v) is 8.14. The summed E-state index contributed by atoms with van der Waals surface area (Å²) in [4.78, 5) is 60.3. The average molecular weight is 508 g/mol. The van der Waals surface area contributed by atoms with E-state index in [0.29, 0.717) is 17.1 Å². The summed E-state index contributed by atoms with van der Waals surface area (Å²) < 4.78 is 0. The van der Waals surface area contributed by atoms with Crippen LogP contribution in [0.15, 0.2) is 54.6 Å². The molecular weight excluding hydrogens is 478 g/mol. The van der Waals surface area contributed by atoms with Crippen molar-refractivity contribution in [1.29, 1.82) is 0 Å². The molecular formula is C28H30ClN3O4. The van der Waals surface area contributed by atoms with E-state index in [1.807, 2.05) is 37.3 Å². The van der Waals surface area contributed by atoms with E-state index >= 15 is 0 Å². The fourth-order valence-corrected chi connectivity index (χ4v) is 6.49. The molecule has 3 aliphatic heterocycles. The normalized spacial score (nSPS) is 27.6. The zero-order chi connectivity index (χ0) is 25.6. The topological polar surface area (TPSA) is 78.0 Å². The Bertz CT molecular complexity index is 1200. The molecule has 0 aliphatic carbocycles. The summed E-state index contributed by atoms with van der Waals surface area (Å²) in [5, 5.41) is 0.527. The van der Waals surface area contributed by atoms with Gasteiger partial charge in [0.15, 0.2) is 0 Å². The van der Waals surface area contributed by atoms with Crippen LogP contribution in [0.3, 0.4) is 0 Å². The van der Waals surface area contributed by atoms with Crippen molar-refractivity contribution in [2.45, 2.75) is 44.7 Å². The van der Waals surface area contributed by atoms with Gasteiger partial charge in [0, 0.05) is 24.5 Å². The largest absolute Gasteiger partial charge is 0.331 e. The smallest absolute Gasteiger partial charge is 0.250 e. The van der Waals surface area contributed by atoms with Crippen molar-refractivity contribution in [3.8, 4) is 0 Å². The van der Waals surface area contributed by atoms with E-state index in [-0.39, 0.29) is 43.1 Å². The van der Waals surface area contributed by atoms with Gasteiger partial charge >= 0.3 is 0 Å². The monoisotopic (exact) mass is 507 g/mol. The molecule has 3 heterocycles. The highest BCUT2D eigenvalue weighted by Crippen LogP contribution is 2.57. The van der Waals surface area contributed by atoms with Crippen LogP contribution in [0.5, 0.6) is 0 Å². The molecule has 2 aromatic carbocycles. The number of unbranched alkanes of at least 4 members (excludes halogenated alkanes) is 1. The summed E-state index contributed by atoms with van der Waals surface area (Å²) in [6, 6.07) is 15.7.